The van der Waals surface area contributed by atoms with Gasteiger partial charge in [-0.2, -0.15) is 0 Å². The summed E-state index contributed by atoms with van der Waals surface area (Å²) in [6.45, 7) is 1.35. The first-order chi connectivity index (χ1) is 5.02. The van der Waals surface area contributed by atoms with Gasteiger partial charge in [0.1, 0.15) is 0 Å². The standard InChI is InChI=1S/C5H12NO4P/c1-2-3-11(8,9)10-5(7)4-6/h2-4,6H2,1H3,(H,8,9). The van der Waals surface area contributed by atoms with E-state index < -0.39 is 13.6 Å². The predicted octanol–water partition coefficient (Wildman–Crippen LogP) is 0.0837. The SMILES string of the molecule is CCCP(=O)(O)OC(=O)CN. The molecule has 0 bridgehead atoms. The van der Waals surface area contributed by atoms with E-state index in [0.29, 0.717) is 6.42 Å². The maximum atomic E-state index is 10.8. The molecule has 1 unspecified atom stereocenters. The molecule has 0 aromatic rings. The van der Waals surface area contributed by atoms with Gasteiger partial charge in [0, 0.05) is 0 Å². The summed E-state index contributed by atoms with van der Waals surface area (Å²) in [6, 6.07) is 0. The molecular weight excluding hydrogens is 169 g/mol. The molecule has 0 aliphatic carbocycles. The normalized spacial score (nSPS) is 15.5. The summed E-state index contributed by atoms with van der Waals surface area (Å²) in [5, 5.41) is 0. The Hall–Kier alpha value is -0.380. The lowest BCUT2D eigenvalue weighted by molar-refractivity contribution is -0.133. The molecule has 0 aromatic heterocycles. The smallest absolute Gasteiger partial charge is 0.378 e. The van der Waals surface area contributed by atoms with Crippen molar-refractivity contribution in [3.8, 4) is 0 Å². The van der Waals surface area contributed by atoms with Gasteiger partial charge >= 0.3 is 13.6 Å². The van der Waals surface area contributed by atoms with Crippen LogP contribution in [0.25, 0.3) is 0 Å². The molecule has 0 saturated carbocycles. The van der Waals surface area contributed by atoms with E-state index >= 15 is 0 Å². The topological polar surface area (TPSA) is 89.6 Å². The zero-order chi connectivity index (χ0) is 8.91. The first-order valence-electron chi connectivity index (χ1n) is 3.26. The van der Waals surface area contributed by atoms with Crippen molar-refractivity contribution in [1.29, 1.82) is 0 Å². The van der Waals surface area contributed by atoms with Crippen LogP contribution in [0.15, 0.2) is 0 Å². The van der Waals surface area contributed by atoms with E-state index in [0.717, 1.165) is 0 Å². The van der Waals surface area contributed by atoms with Crippen LogP contribution in [-0.4, -0.2) is 23.6 Å². The van der Waals surface area contributed by atoms with Crippen LogP contribution >= 0.6 is 7.60 Å². The highest BCUT2D eigenvalue weighted by Crippen LogP contribution is 2.42. The minimum absolute atomic E-state index is 0.0151. The van der Waals surface area contributed by atoms with Gasteiger partial charge in [-0.1, -0.05) is 6.92 Å². The number of rotatable bonds is 4. The van der Waals surface area contributed by atoms with Crippen LogP contribution in [-0.2, 0) is 13.9 Å². The summed E-state index contributed by atoms with van der Waals surface area (Å²) in [6.07, 6.45) is 0.477. The third-order valence-electron chi connectivity index (χ3n) is 0.917. The van der Waals surface area contributed by atoms with Crippen LogP contribution < -0.4 is 5.73 Å². The Morgan fingerprint density at radius 3 is 2.64 bits per heavy atom. The zero-order valence-electron chi connectivity index (χ0n) is 6.32. The lowest BCUT2D eigenvalue weighted by atomic mass is 10.6. The van der Waals surface area contributed by atoms with Gasteiger partial charge < -0.3 is 15.2 Å². The van der Waals surface area contributed by atoms with Crippen LogP contribution in [0.1, 0.15) is 13.3 Å². The predicted molar refractivity (Wildman–Crippen MR) is 40.1 cm³/mol. The van der Waals surface area contributed by atoms with E-state index in [9.17, 15) is 9.36 Å². The molecule has 6 heteroatoms. The fraction of sp³-hybridized carbons (Fsp3) is 0.800. The molecule has 0 fully saturated rings. The Morgan fingerprint density at radius 1 is 1.73 bits per heavy atom. The third-order valence-corrected chi connectivity index (χ3v) is 2.42. The van der Waals surface area contributed by atoms with Gasteiger partial charge in [-0.3, -0.25) is 4.79 Å². The molecule has 0 aliphatic rings. The van der Waals surface area contributed by atoms with Crippen molar-refractivity contribution in [1.82, 2.24) is 0 Å². The van der Waals surface area contributed by atoms with Crippen molar-refractivity contribution < 1.29 is 18.8 Å². The van der Waals surface area contributed by atoms with E-state index in [1.807, 2.05) is 0 Å². The van der Waals surface area contributed by atoms with E-state index in [4.69, 9.17) is 10.6 Å². The number of carbonyl (C=O) groups is 1. The van der Waals surface area contributed by atoms with Crippen molar-refractivity contribution in [3.05, 3.63) is 0 Å². The highest BCUT2D eigenvalue weighted by molar-refractivity contribution is 7.53. The molecule has 0 aromatic carbocycles. The highest BCUT2D eigenvalue weighted by atomic mass is 31.2. The van der Waals surface area contributed by atoms with Crippen molar-refractivity contribution in [2.45, 2.75) is 13.3 Å². The van der Waals surface area contributed by atoms with E-state index in [1.54, 1.807) is 6.92 Å². The average molecular weight is 181 g/mol. The van der Waals surface area contributed by atoms with Crippen LogP contribution in [0.2, 0.25) is 0 Å². The lowest BCUT2D eigenvalue weighted by Gasteiger charge is -2.09. The summed E-state index contributed by atoms with van der Waals surface area (Å²) in [7, 11) is -3.69. The summed E-state index contributed by atoms with van der Waals surface area (Å²) in [5.74, 6) is -0.843. The minimum atomic E-state index is -3.69. The molecule has 0 radical (unpaired) electrons. The van der Waals surface area contributed by atoms with Gasteiger partial charge in [0.25, 0.3) is 0 Å². The average Bonchev–Trinajstić information content (AvgIpc) is 1.86. The fourth-order valence-electron chi connectivity index (χ4n) is 0.525. The van der Waals surface area contributed by atoms with Crippen molar-refractivity contribution in [2.75, 3.05) is 12.7 Å². The number of nitrogens with two attached hydrogens (primary N) is 1. The monoisotopic (exact) mass is 181 g/mol. The van der Waals surface area contributed by atoms with E-state index in [1.165, 1.54) is 0 Å². The Balaban J connectivity index is 3.91. The second-order valence-corrected chi connectivity index (χ2v) is 3.93. The lowest BCUT2D eigenvalue weighted by Crippen LogP contribution is -2.16. The summed E-state index contributed by atoms with van der Waals surface area (Å²) < 4.78 is 15.0. The molecule has 3 N–H and O–H groups in total. The maximum absolute atomic E-state index is 10.8. The summed E-state index contributed by atoms with van der Waals surface area (Å²) >= 11 is 0. The van der Waals surface area contributed by atoms with Gasteiger partial charge in [-0.15, -0.1) is 0 Å². The largest absolute Gasteiger partial charge is 0.391 e. The molecule has 0 rings (SSSR count). The molecular formula is C5H12NO4P. The van der Waals surface area contributed by atoms with Gasteiger partial charge in [0.2, 0.25) is 0 Å². The third kappa shape index (κ3) is 4.95. The molecule has 0 aliphatic heterocycles. The number of hydrogen-bond donors (Lipinski definition) is 2. The van der Waals surface area contributed by atoms with E-state index in [-0.39, 0.29) is 12.7 Å². The van der Waals surface area contributed by atoms with Gasteiger partial charge in [-0.25, -0.2) is 4.57 Å². The molecule has 11 heavy (non-hydrogen) atoms. The van der Waals surface area contributed by atoms with E-state index in [2.05, 4.69) is 4.52 Å². The second-order valence-electron chi connectivity index (χ2n) is 2.03. The molecule has 0 spiro atoms. The highest BCUT2D eigenvalue weighted by Gasteiger charge is 2.21. The Labute approximate surface area is 65.1 Å². The molecule has 1 atom stereocenters. The van der Waals surface area contributed by atoms with Crippen LogP contribution in [0.4, 0.5) is 0 Å². The first-order valence-corrected chi connectivity index (χ1v) is 5.02. The van der Waals surface area contributed by atoms with Crippen LogP contribution in [0, 0.1) is 0 Å². The zero-order valence-corrected chi connectivity index (χ0v) is 7.21. The number of hydrogen-bond acceptors (Lipinski definition) is 4. The van der Waals surface area contributed by atoms with Crippen LogP contribution in [0.3, 0.4) is 0 Å². The molecule has 0 heterocycles. The van der Waals surface area contributed by atoms with Crippen molar-refractivity contribution >= 4 is 13.6 Å². The minimum Gasteiger partial charge on any atom is -0.391 e. The van der Waals surface area contributed by atoms with Crippen LogP contribution in [0.5, 0.6) is 0 Å². The van der Waals surface area contributed by atoms with Gasteiger partial charge in [0.05, 0.1) is 12.7 Å². The summed E-state index contributed by atoms with van der Waals surface area (Å²) in [4.78, 5) is 19.3. The second kappa shape index (κ2) is 4.49. The summed E-state index contributed by atoms with van der Waals surface area (Å²) in [5.41, 5.74) is 4.87. The van der Waals surface area contributed by atoms with Crippen molar-refractivity contribution in [3.63, 3.8) is 0 Å². The Bertz CT molecular complexity index is 181. The quantitative estimate of drug-likeness (QED) is 0.599. The fourth-order valence-corrected chi connectivity index (χ4v) is 1.57. The Morgan fingerprint density at radius 2 is 2.27 bits per heavy atom. The Kier molecular flexibility index (Phi) is 4.33. The number of carbonyl (C=O) groups excluding carboxylic acids is 1. The molecule has 5 nitrogen and oxygen atoms in total. The molecule has 0 amide bonds. The van der Waals surface area contributed by atoms with Gasteiger partial charge in [0.15, 0.2) is 0 Å². The maximum Gasteiger partial charge on any atom is 0.378 e. The van der Waals surface area contributed by atoms with Crippen molar-refractivity contribution in [2.24, 2.45) is 5.73 Å². The molecule has 66 valence electrons. The first kappa shape index (κ1) is 10.6. The molecule has 0 saturated heterocycles. The van der Waals surface area contributed by atoms with Gasteiger partial charge in [-0.05, 0) is 6.42 Å².